The monoisotopic (exact) mass is 919 g/mol. The van der Waals surface area contributed by atoms with Crippen LogP contribution in [0.1, 0.15) is 265 Å². The van der Waals surface area contributed by atoms with E-state index in [2.05, 4.69) is 106 Å². The predicted octanol–water partition coefficient (Wildman–Crippen LogP) is 19.2. The Balaban J connectivity index is 4.34. The summed E-state index contributed by atoms with van der Waals surface area (Å²) in [6, 6.07) is 0. The molecule has 66 heavy (non-hydrogen) atoms. The van der Waals surface area contributed by atoms with Gasteiger partial charge in [-0.3, -0.25) is 9.59 Å². The maximum absolute atomic E-state index is 12.8. The first-order valence-electron chi connectivity index (χ1n) is 28.1. The molecule has 380 valence electrons. The highest BCUT2D eigenvalue weighted by molar-refractivity contribution is 5.70. The number of esters is 2. The van der Waals surface area contributed by atoms with Crippen LogP contribution in [0, 0.1) is 0 Å². The molecular formula is C61H106O5. The smallest absolute Gasteiger partial charge is 0.306 e. The van der Waals surface area contributed by atoms with E-state index in [1.807, 2.05) is 0 Å². The zero-order valence-electron chi connectivity index (χ0n) is 43.7. The maximum atomic E-state index is 12.8. The van der Waals surface area contributed by atoms with Crippen LogP contribution in [-0.2, 0) is 23.8 Å². The van der Waals surface area contributed by atoms with Crippen molar-refractivity contribution in [3.8, 4) is 0 Å². The molecule has 5 heteroatoms. The molecule has 0 aliphatic carbocycles. The van der Waals surface area contributed by atoms with Crippen LogP contribution in [0.15, 0.2) is 85.1 Å². The lowest BCUT2D eigenvalue weighted by molar-refractivity contribution is -0.163. The largest absolute Gasteiger partial charge is 0.462 e. The van der Waals surface area contributed by atoms with Crippen LogP contribution in [0.3, 0.4) is 0 Å². The van der Waals surface area contributed by atoms with Crippen LogP contribution in [0.4, 0.5) is 0 Å². The Morgan fingerprint density at radius 3 is 1.14 bits per heavy atom. The minimum atomic E-state index is -0.559. The van der Waals surface area contributed by atoms with E-state index in [4.69, 9.17) is 14.2 Å². The molecule has 5 nitrogen and oxygen atoms in total. The molecule has 0 radical (unpaired) electrons. The molecule has 0 aliphatic rings. The third-order valence-corrected chi connectivity index (χ3v) is 11.9. The molecule has 1 atom stereocenters. The zero-order chi connectivity index (χ0) is 47.7. The Hall–Kier alpha value is -2.92. The Labute approximate surface area is 409 Å². The molecule has 0 saturated carbocycles. The topological polar surface area (TPSA) is 61.8 Å². The van der Waals surface area contributed by atoms with E-state index in [1.54, 1.807) is 0 Å². The van der Waals surface area contributed by atoms with Gasteiger partial charge < -0.3 is 14.2 Å². The van der Waals surface area contributed by atoms with Crippen LogP contribution in [0.25, 0.3) is 0 Å². The predicted molar refractivity (Wildman–Crippen MR) is 288 cm³/mol. The molecule has 0 bridgehead atoms. The highest BCUT2D eigenvalue weighted by atomic mass is 16.6. The maximum Gasteiger partial charge on any atom is 0.306 e. The lowest BCUT2D eigenvalue weighted by Crippen LogP contribution is -2.30. The van der Waals surface area contributed by atoms with E-state index in [9.17, 15) is 9.59 Å². The third-order valence-electron chi connectivity index (χ3n) is 11.9. The normalized spacial score (nSPS) is 12.8. The van der Waals surface area contributed by atoms with Gasteiger partial charge in [-0.25, -0.2) is 0 Å². The van der Waals surface area contributed by atoms with Gasteiger partial charge >= 0.3 is 11.9 Å². The molecule has 0 aromatic carbocycles. The quantitative estimate of drug-likeness (QED) is 0.0346. The van der Waals surface area contributed by atoms with Crippen LogP contribution in [-0.4, -0.2) is 37.9 Å². The van der Waals surface area contributed by atoms with Crippen molar-refractivity contribution in [2.24, 2.45) is 0 Å². The van der Waals surface area contributed by atoms with Gasteiger partial charge in [0.25, 0.3) is 0 Å². The zero-order valence-corrected chi connectivity index (χ0v) is 43.7. The number of carbonyl (C=O) groups is 2. The van der Waals surface area contributed by atoms with Crippen molar-refractivity contribution >= 4 is 11.9 Å². The number of hydrogen-bond donors (Lipinski definition) is 0. The highest BCUT2D eigenvalue weighted by Gasteiger charge is 2.17. The van der Waals surface area contributed by atoms with Gasteiger partial charge in [0.2, 0.25) is 0 Å². The summed E-state index contributed by atoms with van der Waals surface area (Å²) in [4.78, 5) is 25.5. The van der Waals surface area contributed by atoms with Crippen LogP contribution >= 0.6 is 0 Å². The van der Waals surface area contributed by atoms with Crippen molar-refractivity contribution in [1.29, 1.82) is 0 Å². The molecule has 0 fully saturated rings. The van der Waals surface area contributed by atoms with E-state index in [-0.39, 0.29) is 25.2 Å². The van der Waals surface area contributed by atoms with Crippen LogP contribution < -0.4 is 0 Å². The molecule has 0 aliphatic heterocycles. The van der Waals surface area contributed by atoms with E-state index in [0.29, 0.717) is 19.4 Å². The van der Waals surface area contributed by atoms with E-state index >= 15 is 0 Å². The lowest BCUT2D eigenvalue weighted by atomic mass is 10.1. The summed E-state index contributed by atoms with van der Waals surface area (Å²) in [5.74, 6) is -0.425. The molecule has 0 rings (SSSR count). The molecule has 0 aromatic rings. The summed E-state index contributed by atoms with van der Waals surface area (Å²) < 4.78 is 17.4. The number of rotatable bonds is 51. The fraction of sp³-hybridized carbons (Fsp3) is 0.738. The van der Waals surface area contributed by atoms with Gasteiger partial charge in [0, 0.05) is 19.4 Å². The molecule has 0 aromatic heterocycles. The number of hydrogen-bond acceptors (Lipinski definition) is 5. The van der Waals surface area contributed by atoms with Crippen molar-refractivity contribution in [2.45, 2.75) is 271 Å². The van der Waals surface area contributed by atoms with Crippen LogP contribution in [0.2, 0.25) is 0 Å². The Morgan fingerprint density at radius 1 is 0.348 bits per heavy atom. The fourth-order valence-corrected chi connectivity index (χ4v) is 7.70. The number of carbonyl (C=O) groups excluding carboxylic acids is 2. The Kier molecular flexibility index (Phi) is 53.9. The molecule has 0 saturated heterocycles. The SMILES string of the molecule is CC/C=C\C/C=C\C/C=C\C/C=C\CCCCCCCOCC(COC(=O)CCCCCCCCC/C=C\CCCCCCCC)OC(=O)CCCCCCC/C=C\C/C=C\CCCCC. The van der Waals surface area contributed by atoms with E-state index < -0.39 is 6.10 Å². The molecular weight excluding hydrogens is 813 g/mol. The summed E-state index contributed by atoms with van der Waals surface area (Å²) >= 11 is 0. The summed E-state index contributed by atoms with van der Waals surface area (Å²) in [6.07, 6.45) is 74.5. The number of ether oxygens (including phenoxy) is 3. The molecule has 0 heterocycles. The van der Waals surface area contributed by atoms with Gasteiger partial charge in [-0.1, -0.05) is 221 Å². The average Bonchev–Trinajstić information content (AvgIpc) is 3.32. The first-order chi connectivity index (χ1) is 32.6. The van der Waals surface area contributed by atoms with Crippen LogP contribution in [0.5, 0.6) is 0 Å². The second kappa shape index (κ2) is 56.4. The average molecular weight is 920 g/mol. The van der Waals surface area contributed by atoms with E-state index in [0.717, 1.165) is 96.3 Å². The number of allylic oxidation sites excluding steroid dienone is 14. The molecule has 0 amide bonds. The first kappa shape index (κ1) is 63.1. The van der Waals surface area contributed by atoms with Crippen molar-refractivity contribution in [2.75, 3.05) is 19.8 Å². The second-order valence-electron chi connectivity index (χ2n) is 18.4. The van der Waals surface area contributed by atoms with Crippen molar-refractivity contribution in [3.05, 3.63) is 85.1 Å². The highest BCUT2D eigenvalue weighted by Crippen LogP contribution is 2.14. The van der Waals surface area contributed by atoms with Gasteiger partial charge in [-0.15, -0.1) is 0 Å². The van der Waals surface area contributed by atoms with Crippen molar-refractivity contribution in [3.63, 3.8) is 0 Å². The van der Waals surface area contributed by atoms with Crippen molar-refractivity contribution < 1.29 is 23.8 Å². The van der Waals surface area contributed by atoms with Gasteiger partial charge in [0.05, 0.1) is 6.61 Å². The number of unbranched alkanes of at least 4 members (excludes halogenated alkanes) is 26. The fourth-order valence-electron chi connectivity index (χ4n) is 7.70. The van der Waals surface area contributed by atoms with Gasteiger partial charge in [0.15, 0.2) is 6.10 Å². The van der Waals surface area contributed by atoms with Gasteiger partial charge in [-0.2, -0.15) is 0 Å². The second-order valence-corrected chi connectivity index (χ2v) is 18.4. The molecule has 0 N–H and O–H groups in total. The summed E-state index contributed by atoms with van der Waals surface area (Å²) in [5.41, 5.74) is 0. The minimum absolute atomic E-state index is 0.0669. The Morgan fingerprint density at radius 2 is 0.682 bits per heavy atom. The third kappa shape index (κ3) is 53.7. The Bertz CT molecular complexity index is 1220. The summed E-state index contributed by atoms with van der Waals surface area (Å²) in [7, 11) is 0. The van der Waals surface area contributed by atoms with E-state index in [1.165, 1.54) is 135 Å². The lowest BCUT2D eigenvalue weighted by Gasteiger charge is -2.18. The first-order valence-corrected chi connectivity index (χ1v) is 28.1. The van der Waals surface area contributed by atoms with Crippen molar-refractivity contribution in [1.82, 2.24) is 0 Å². The minimum Gasteiger partial charge on any atom is -0.462 e. The molecule has 0 spiro atoms. The molecule has 1 unspecified atom stereocenters. The van der Waals surface area contributed by atoms with Gasteiger partial charge in [0.1, 0.15) is 6.61 Å². The van der Waals surface area contributed by atoms with Gasteiger partial charge in [-0.05, 0) is 116 Å². The standard InChI is InChI=1S/C61H106O5/c1-4-7-10-13-16-19-22-25-28-30-32-35-38-41-44-47-50-53-56-64-57-59(66-61(63)55-52-49-46-43-40-37-33-27-24-21-18-15-12-9-6-3)58-65-60(62)54-51-48-45-42-39-36-34-31-29-26-23-20-17-14-11-8-5-2/h7,10,16,18-19,21,25-29,32-33,35,59H,4-6,8-9,11-15,17,20,22-24,30-31,34,36-58H2,1-3H3/b10-7-,19-16-,21-18-,28-25-,29-26-,33-27-,35-32-. The summed E-state index contributed by atoms with van der Waals surface area (Å²) in [5, 5.41) is 0. The summed E-state index contributed by atoms with van der Waals surface area (Å²) in [6.45, 7) is 7.64.